The zero-order valence-electron chi connectivity index (χ0n) is 14.7. The predicted molar refractivity (Wildman–Crippen MR) is 110 cm³/mol. The molecule has 2 N–H and O–H groups in total. The van der Waals surface area contributed by atoms with Gasteiger partial charge in [-0.15, -0.1) is 0 Å². The molecule has 0 unspecified atom stereocenters. The van der Waals surface area contributed by atoms with Crippen LogP contribution in [-0.2, 0) is 4.79 Å². The van der Waals surface area contributed by atoms with E-state index >= 15 is 0 Å². The Labute approximate surface area is 167 Å². The summed E-state index contributed by atoms with van der Waals surface area (Å²) in [5.74, 6) is 0.832. The first kappa shape index (κ1) is 19.0. The molecule has 0 fully saturated rings. The van der Waals surface area contributed by atoms with Gasteiger partial charge in [-0.25, -0.2) is 0 Å². The Morgan fingerprint density at radius 2 is 1.57 bits per heavy atom. The quantitative estimate of drug-likeness (QED) is 0.425. The molecule has 138 valence electrons. The number of benzene rings is 3. The smallest absolute Gasteiger partial charge is 0.267 e. The summed E-state index contributed by atoms with van der Waals surface area (Å²) in [5, 5.41) is 15.3. The van der Waals surface area contributed by atoms with Gasteiger partial charge in [-0.2, -0.15) is 5.26 Å². The molecule has 0 bridgehead atoms. The van der Waals surface area contributed by atoms with Crippen molar-refractivity contribution in [2.75, 3.05) is 10.6 Å². The molecule has 1 amide bonds. The Kier molecular flexibility index (Phi) is 6.29. The summed E-state index contributed by atoms with van der Waals surface area (Å²) in [7, 11) is 0. The first-order valence-electron chi connectivity index (χ1n) is 8.41. The van der Waals surface area contributed by atoms with Gasteiger partial charge in [-0.1, -0.05) is 41.9 Å². The standard InChI is InChI=1S/C22H16ClN3O2/c23-20-8-4-5-9-21(20)25-15-16(14-24)22(27)26-17-10-12-19(13-11-17)28-18-6-2-1-3-7-18/h1-13,15,25H,(H,26,27)/b16-15-. The van der Waals surface area contributed by atoms with E-state index in [4.69, 9.17) is 16.3 Å². The molecule has 0 spiro atoms. The molecule has 3 aromatic carbocycles. The number of hydrogen-bond acceptors (Lipinski definition) is 4. The van der Waals surface area contributed by atoms with Crippen LogP contribution in [0.1, 0.15) is 0 Å². The van der Waals surface area contributed by atoms with Crippen LogP contribution in [0.2, 0.25) is 5.02 Å². The summed E-state index contributed by atoms with van der Waals surface area (Å²) >= 11 is 6.05. The lowest BCUT2D eigenvalue weighted by atomic mass is 10.2. The van der Waals surface area contributed by atoms with Crippen LogP contribution < -0.4 is 15.4 Å². The number of anilines is 2. The van der Waals surface area contributed by atoms with Crippen LogP contribution >= 0.6 is 11.6 Å². The van der Waals surface area contributed by atoms with E-state index in [1.54, 1.807) is 48.5 Å². The number of nitrogens with one attached hydrogen (secondary N) is 2. The molecule has 5 nitrogen and oxygen atoms in total. The largest absolute Gasteiger partial charge is 0.457 e. The summed E-state index contributed by atoms with van der Waals surface area (Å²) in [6.45, 7) is 0. The molecular formula is C22H16ClN3O2. The van der Waals surface area contributed by atoms with Crippen molar-refractivity contribution in [3.8, 4) is 17.6 Å². The van der Waals surface area contributed by atoms with E-state index in [1.165, 1.54) is 6.20 Å². The topological polar surface area (TPSA) is 74.2 Å². The molecule has 0 aliphatic carbocycles. The third-order valence-electron chi connectivity index (χ3n) is 3.70. The van der Waals surface area contributed by atoms with E-state index in [0.717, 1.165) is 5.75 Å². The van der Waals surface area contributed by atoms with Crippen molar-refractivity contribution < 1.29 is 9.53 Å². The normalized spacial score (nSPS) is 10.6. The summed E-state index contributed by atoms with van der Waals surface area (Å²) in [4.78, 5) is 12.3. The van der Waals surface area contributed by atoms with Gasteiger partial charge in [-0.05, 0) is 48.5 Å². The third kappa shape index (κ3) is 5.13. The first-order chi connectivity index (χ1) is 13.7. The Morgan fingerprint density at radius 1 is 0.929 bits per heavy atom. The first-order valence-corrected chi connectivity index (χ1v) is 8.79. The molecule has 3 aromatic rings. The fourth-order valence-corrected chi connectivity index (χ4v) is 2.50. The lowest BCUT2D eigenvalue weighted by Gasteiger charge is -2.08. The molecule has 3 rings (SSSR count). The van der Waals surface area contributed by atoms with Crippen LogP contribution in [0.25, 0.3) is 0 Å². The van der Waals surface area contributed by atoms with Crippen molar-refractivity contribution in [3.63, 3.8) is 0 Å². The number of carbonyl (C=O) groups excluding carboxylic acids is 1. The van der Waals surface area contributed by atoms with Crippen LogP contribution in [0.15, 0.2) is 90.6 Å². The molecule has 6 heteroatoms. The maximum Gasteiger partial charge on any atom is 0.267 e. The lowest BCUT2D eigenvalue weighted by molar-refractivity contribution is -0.112. The lowest BCUT2D eigenvalue weighted by Crippen LogP contribution is -2.14. The predicted octanol–water partition coefficient (Wildman–Crippen LogP) is 5.59. The van der Waals surface area contributed by atoms with Crippen LogP contribution in [0.3, 0.4) is 0 Å². The zero-order chi connectivity index (χ0) is 19.8. The number of hydrogen-bond donors (Lipinski definition) is 2. The fourth-order valence-electron chi connectivity index (χ4n) is 2.31. The SMILES string of the molecule is N#C/C(=C/Nc1ccccc1Cl)C(=O)Nc1ccc(Oc2ccccc2)cc1. The van der Waals surface area contributed by atoms with Crippen molar-refractivity contribution in [1.82, 2.24) is 0 Å². The molecular weight excluding hydrogens is 374 g/mol. The number of nitrogens with zero attached hydrogens (tertiary/aromatic N) is 1. The molecule has 0 saturated heterocycles. The van der Waals surface area contributed by atoms with Gasteiger partial charge in [0.05, 0.1) is 10.7 Å². The van der Waals surface area contributed by atoms with Gasteiger partial charge in [0.2, 0.25) is 0 Å². The number of para-hydroxylation sites is 2. The summed E-state index contributed by atoms with van der Waals surface area (Å²) in [6.07, 6.45) is 1.32. The number of nitriles is 1. The monoisotopic (exact) mass is 389 g/mol. The Balaban J connectivity index is 1.63. The number of carbonyl (C=O) groups is 1. The highest BCUT2D eigenvalue weighted by Gasteiger charge is 2.10. The molecule has 0 atom stereocenters. The van der Waals surface area contributed by atoms with Gasteiger partial charge in [0.1, 0.15) is 23.1 Å². The minimum Gasteiger partial charge on any atom is -0.457 e. The Bertz CT molecular complexity index is 1030. The van der Waals surface area contributed by atoms with E-state index in [0.29, 0.717) is 22.1 Å². The minimum absolute atomic E-state index is 0.0791. The van der Waals surface area contributed by atoms with E-state index in [9.17, 15) is 10.1 Å². The number of ether oxygens (including phenoxy) is 1. The van der Waals surface area contributed by atoms with E-state index < -0.39 is 5.91 Å². The molecule has 0 radical (unpaired) electrons. The highest BCUT2D eigenvalue weighted by atomic mass is 35.5. The Morgan fingerprint density at radius 3 is 2.25 bits per heavy atom. The second-order valence-electron chi connectivity index (χ2n) is 5.69. The second-order valence-corrected chi connectivity index (χ2v) is 6.09. The summed E-state index contributed by atoms with van der Waals surface area (Å²) in [5.41, 5.74) is 1.07. The summed E-state index contributed by atoms with van der Waals surface area (Å²) in [6, 6.07) is 25.2. The zero-order valence-corrected chi connectivity index (χ0v) is 15.5. The molecule has 0 aliphatic rings. The molecule has 28 heavy (non-hydrogen) atoms. The van der Waals surface area contributed by atoms with Crippen LogP contribution in [0, 0.1) is 11.3 Å². The molecule has 0 aromatic heterocycles. The van der Waals surface area contributed by atoms with Gasteiger partial charge in [0, 0.05) is 11.9 Å². The minimum atomic E-state index is -0.529. The maximum absolute atomic E-state index is 12.3. The average Bonchev–Trinajstić information content (AvgIpc) is 2.72. The van der Waals surface area contributed by atoms with Gasteiger partial charge in [0.15, 0.2) is 0 Å². The Hall–Kier alpha value is -3.75. The van der Waals surface area contributed by atoms with Gasteiger partial charge in [-0.3, -0.25) is 4.79 Å². The van der Waals surface area contributed by atoms with Crippen LogP contribution in [0.4, 0.5) is 11.4 Å². The highest BCUT2D eigenvalue weighted by molar-refractivity contribution is 6.33. The third-order valence-corrected chi connectivity index (χ3v) is 4.03. The van der Waals surface area contributed by atoms with Gasteiger partial charge >= 0.3 is 0 Å². The van der Waals surface area contributed by atoms with E-state index in [2.05, 4.69) is 10.6 Å². The van der Waals surface area contributed by atoms with Gasteiger partial charge < -0.3 is 15.4 Å². The fraction of sp³-hybridized carbons (Fsp3) is 0. The van der Waals surface area contributed by atoms with E-state index in [-0.39, 0.29) is 5.57 Å². The van der Waals surface area contributed by atoms with E-state index in [1.807, 2.05) is 36.4 Å². The van der Waals surface area contributed by atoms with Crippen molar-refractivity contribution >= 4 is 28.9 Å². The molecule has 0 heterocycles. The number of amides is 1. The molecule has 0 aliphatic heterocycles. The second kappa shape index (κ2) is 9.26. The number of rotatable bonds is 6. The highest BCUT2D eigenvalue weighted by Crippen LogP contribution is 2.23. The van der Waals surface area contributed by atoms with Crippen molar-refractivity contribution in [3.05, 3.63) is 95.7 Å². The number of halogens is 1. The summed E-state index contributed by atoms with van der Waals surface area (Å²) < 4.78 is 5.71. The molecule has 0 saturated carbocycles. The average molecular weight is 390 g/mol. The van der Waals surface area contributed by atoms with Crippen LogP contribution in [0.5, 0.6) is 11.5 Å². The van der Waals surface area contributed by atoms with Crippen molar-refractivity contribution in [1.29, 1.82) is 5.26 Å². The van der Waals surface area contributed by atoms with Crippen molar-refractivity contribution in [2.45, 2.75) is 0 Å². The van der Waals surface area contributed by atoms with Gasteiger partial charge in [0.25, 0.3) is 5.91 Å². The van der Waals surface area contributed by atoms with Crippen LogP contribution in [-0.4, -0.2) is 5.91 Å². The van der Waals surface area contributed by atoms with Crippen molar-refractivity contribution in [2.24, 2.45) is 0 Å². The maximum atomic E-state index is 12.3.